The molecule has 0 unspecified atom stereocenters. The van der Waals surface area contributed by atoms with Crippen LogP contribution in [0.5, 0.6) is 5.75 Å². The Morgan fingerprint density at radius 1 is 1.04 bits per heavy atom. The van der Waals surface area contributed by atoms with Gasteiger partial charge in [0, 0.05) is 42.1 Å². The van der Waals surface area contributed by atoms with E-state index >= 15 is 0 Å². The van der Waals surface area contributed by atoms with Gasteiger partial charge in [0.25, 0.3) is 5.91 Å². The molecule has 1 amide bonds. The highest BCUT2D eigenvalue weighted by molar-refractivity contribution is 7.92. The number of halogens is 1. The van der Waals surface area contributed by atoms with Gasteiger partial charge < -0.3 is 23.8 Å². The lowest BCUT2D eigenvalue weighted by molar-refractivity contribution is 0.0602. The highest BCUT2D eigenvalue weighted by Crippen LogP contribution is 2.44. The largest absolute Gasteiger partial charge is 0.470 e. The number of nitrogens with one attached hydrogen (secondary N) is 1. The number of benzene rings is 3. The topological polar surface area (TPSA) is 133 Å². The number of esters is 1. The summed E-state index contributed by atoms with van der Waals surface area (Å²) in [7, 11) is 0.456. The molecule has 4 heterocycles. The number of anilines is 1. The molecule has 0 saturated carbocycles. The molecular formula is C34H27FN4O7S. The molecule has 47 heavy (non-hydrogen) atoms. The number of methoxy groups -OCH3 is 1. The van der Waals surface area contributed by atoms with E-state index in [9.17, 15) is 22.4 Å². The van der Waals surface area contributed by atoms with Crippen LogP contribution in [0.15, 0.2) is 77.2 Å². The molecule has 3 aromatic carbocycles. The molecule has 0 aliphatic carbocycles. The highest BCUT2D eigenvalue weighted by atomic mass is 32.2. The quantitative estimate of drug-likeness (QED) is 0.223. The Morgan fingerprint density at radius 2 is 1.81 bits per heavy atom. The van der Waals surface area contributed by atoms with Gasteiger partial charge in [-0.3, -0.25) is 9.10 Å². The van der Waals surface area contributed by atoms with Crippen LogP contribution in [0.25, 0.3) is 55.8 Å². The third kappa shape index (κ3) is 4.86. The monoisotopic (exact) mass is 654 g/mol. The lowest BCUT2D eigenvalue weighted by atomic mass is 10.0. The molecule has 1 N–H and O–H groups in total. The van der Waals surface area contributed by atoms with Crippen LogP contribution in [0.4, 0.5) is 10.1 Å². The molecular weight excluding hydrogens is 627 g/mol. The number of hydrogen-bond donors (Lipinski definition) is 1. The number of sulfonamides is 1. The van der Waals surface area contributed by atoms with Crippen LogP contribution in [0.3, 0.4) is 0 Å². The molecule has 13 heteroatoms. The molecule has 1 aliphatic heterocycles. The van der Waals surface area contributed by atoms with E-state index in [1.165, 1.54) is 45.5 Å². The Bertz CT molecular complexity index is 2380. The third-order valence-corrected chi connectivity index (χ3v) is 9.47. The summed E-state index contributed by atoms with van der Waals surface area (Å²) in [5, 5.41) is 3.70. The Balaban J connectivity index is 1.48. The first-order valence-corrected chi connectivity index (χ1v) is 16.2. The van der Waals surface area contributed by atoms with Gasteiger partial charge >= 0.3 is 5.97 Å². The molecule has 7 rings (SSSR count). The molecule has 1 aliphatic rings. The fourth-order valence-corrected chi connectivity index (χ4v) is 6.38. The van der Waals surface area contributed by atoms with Crippen molar-refractivity contribution in [2.45, 2.75) is 6.73 Å². The number of nitrogens with zero attached hydrogens (tertiary/aromatic N) is 3. The second-order valence-corrected chi connectivity index (χ2v) is 13.0. The van der Waals surface area contributed by atoms with E-state index < -0.39 is 27.7 Å². The number of carbonyl (C=O) groups is 2. The third-order valence-electron chi connectivity index (χ3n) is 8.28. The molecule has 0 radical (unpaired) electrons. The first-order chi connectivity index (χ1) is 22.5. The van der Waals surface area contributed by atoms with Gasteiger partial charge in [0.2, 0.25) is 10.0 Å². The van der Waals surface area contributed by atoms with Crippen molar-refractivity contribution in [1.82, 2.24) is 14.9 Å². The number of amides is 1. The van der Waals surface area contributed by atoms with Gasteiger partial charge in [-0.25, -0.2) is 22.6 Å². The molecule has 3 aromatic heterocycles. The molecule has 0 atom stereocenters. The van der Waals surface area contributed by atoms with Gasteiger partial charge in [-0.15, -0.1) is 0 Å². The Kier molecular flexibility index (Phi) is 7.01. The van der Waals surface area contributed by atoms with E-state index in [0.29, 0.717) is 50.3 Å². The van der Waals surface area contributed by atoms with E-state index in [4.69, 9.17) is 18.9 Å². The summed E-state index contributed by atoms with van der Waals surface area (Å²) in [6, 6.07) is 19.3. The Morgan fingerprint density at radius 3 is 2.51 bits per heavy atom. The molecule has 6 aromatic rings. The van der Waals surface area contributed by atoms with Crippen molar-refractivity contribution in [3.8, 4) is 39.7 Å². The van der Waals surface area contributed by atoms with Crippen molar-refractivity contribution in [3.05, 3.63) is 89.7 Å². The summed E-state index contributed by atoms with van der Waals surface area (Å²) >= 11 is 0. The fourth-order valence-electron chi connectivity index (χ4n) is 5.87. The number of aromatic nitrogens is 2. The second kappa shape index (κ2) is 11.0. The number of carbonyl (C=O) groups excluding carboxylic acids is 2. The minimum atomic E-state index is -3.76. The predicted molar refractivity (Wildman–Crippen MR) is 174 cm³/mol. The van der Waals surface area contributed by atoms with Crippen molar-refractivity contribution in [2.24, 2.45) is 0 Å². The first-order valence-electron chi connectivity index (χ1n) is 14.4. The van der Waals surface area contributed by atoms with Crippen LogP contribution in [-0.4, -0.2) is 57.3 Å². The molecule has 11 nitrogen and oxygen atoms in total. The number of fused-ring (bicyclic) bond motifs is 6. The van der Waals surface area contributed by atoms with Gasteiger partial charge in [0.1, 0.15) is 28.6 Å². The van der Waals surface area contributed by atoms with Gasteiger partial charge in [-0.05, 0) is 60.7 Å². The second-order valence-electron chi connectivity index (χ2n) is 11.0. The number of ether oxygens (including phenoxy) is 2. The average Bonchev–Trinajstić information content (AvgIpc) is 3.65. The van der Waals surface area contributed by atoms with Gasteiger partial charge in [-0.1, -0.05) is 6.07 Å². The normalized spacial score (nSPS) is 12.4. The summed E-state index contributed by atoms with van der Waals surface area (Å²) in [6.07, 6.45) is 1.08. The van der Waals surface area contributed by atoms with Crippen LogP contribution >= 0.6 is 0 Å². The highest BCUT2D eigenvalue weighted by Gasteiger charge is 2.28. The first kappa shape index (κ1) is 30.0. The van der Waals surface area contributed by atoms with Crippen LogP contribution in [-0.2, 0) is 21.5 Å². The van der Waals surface area contributed by atoms with Crippen molar-refractivity contribution >= 4 is 49.5 Å². The van der Waals surface area contributed by atoms with Crippen LogP contribution in [0, 0.1) is 5.82 Å². The van der Waals surface area contributed by atoms with E-state index in [2.05, 4.69) is 5.32 Å². The summed E-state index contributed by atoms with van der Waals surface area (Å²) in [4.78, 5) is 30.8. The predicted octanol–water partition coefficient (Wildman–Crippen LogP) is 5.81. The minimum Gasteiger partial charge on any atom is -0.470 e. The number of hydrogen-bond acceptors (Lipinski definition) is 8. The van der Waals surface area contributed by atoms with Gasteiger partial charge in [0.05, 0.1) is 47.1 Å². The standard InChI is InChI=1S/C34H27FN4O7S/c1-36-33(40)30-23-14-22(26(38(2)47(4,42)43)16-29(23)46-32(30)18-8-10-19(35)11-9-18)24-12-13-28-31(37-24)27-15-21-20(34(41)44-3)6-5-7-25(21)39(27)17-45-28/h5-16H,17H2,1-4H3,(H,36,40). The van der Waals surface area contributed by atoms with Crippen LogP contribution in [0.1, 0.15) is 20.7 Å². The van der Waals surface area contributed by atoms with Crippen molar-refractivity contribution in [3.63, 3.8) is 0 Å². The molecule has 0 spiro atoms. The zero-order valence-electron chi connectivity index (χ0n) is 25.6. The van der Waals surface area contributed by atoms with E-state index in [0.717, 1.165) is 16.1 Å². The summed E-state index contributed by atoms with van der Waals surface area (Å²) in [5.41, 5.74) is 4.24. The summed E-state index contributed by atoms with van der Waals surface area (Å²) in [5.74, 6) is -0.683. The van der Waals surface area contributed by atoms with E-state index in [1.54, 1.807) is 36.4 Å². The Labute approximate surface area is 268 Å². The van der Waals surface area contributed by atoms with E-state index in [-0.39, 0.29) is 29.3 Å². The lowest BCUT2D eigenvalue weighted by Gasteiger charge is -2.23. The van der Waals surface area contributed by atoms with Crippen LogP contribution in [0.2, 0.25) is 0 Å². The van der Waals surface area contributed by atoms with Crippen molar-refractivity contribution < 1.29 is 36.3 Å². The van der Waals surface area contributed by atoms with Crippen LogP contribution < -0.4 is 14.4 Å². The molecule has 0 saturated heterocycles. The Hall–Kier alpha value is -5.69. The summed E-state index contributed by atoms with van der Waals surface area (Å²) in [6.45, 7) is 0.183. The minimum absolute atomic E-state index is 0.183. The number of furan rings is 1. The molecule has 0 bridgehead atoms. The molecule has 0 fully saturated rings. The van der Waals surface area contributed by atoms with Gasteiger partial charge in [0.15, 0.2) is 6.73 Å². The number of rotatable bonds is 6. The SMILES string of the molecule is CNC(=O)c1c(-c2ccc(F)cc2)oc2cc(N(C)S(C)(=O)=O)c(-c3ccc4c(n3)-c3cc5c(C(=O)OC)cccc5n3CO4)cc12. The fraction of sp³-hybridized carbons (Fsp3) is 0.147. The van der Waals surface area contributed by atoms with Crippen molar-refractivity contribution in [2.75, 3.05) is 31.8 Å². The van der Waals surface area contributed by atoms with Gasteiger partial charge in [-0.2, -0.15) is 0 Å². The molecule has 238 valence electrons. The van der Waals surface area contributed by atoms with Crippen molar-refractivity contribution in [1.29, 1.82) is 0 Å². The maximum Gasteiger partial charge on any atom is 0.338 e. The zero-order chi connectivity index (χ0) is 33.2. The maximum atomic E-state index is 13.8. The maximum absolute atomic E-state index is 13.8. The zero-order valence-corrected chi connectivity index (χ0v) is 26.4. The lowest BCUT2D eigenvalue weighted by Crippen LogP contribution is -2.25. The average molecular weight is 655 g/mol. The smallest absolute Gasteiger partial charge is 0.338 e. The van der Waals surface area contributed by atoms with E-state index in [1.807, 2.05) is 16.7 Å². The summed E-state index contributed by atoms with van der Waals surface area (Å²) < 4.78 is 59.7. The number of pyridine rings is 1.